The normalized spacial score (nSPS) is 10.7. The van der Waals surface area contributed by atoms with E-state index in [9.17, 15) is 4.39 Å². The molecule has 0 spiro atoms. The highest BCUT2D eigenvalue weighted by Gasteiger charge is 2.05. The molecule has 16 heavy (non-hydrogen) atoms. The molecule has 84 valence electrons. The zero-order chi connectivity index (χ0) is 11.5. The van der Waals surface area contributed by atoms with Crippen LogP contribution >= 0.6 is 11.6 Å². The van der Waals surface area contributed by atoms with E-state index in [0.717, 1.165) is 17.7 Å². The third kappa shape index (κ3) is 2.09. The first-order chi connectivity index (χ1) is 7.74. The van der Waals surface area contributed by atoms with Crippen LogP contribution in [0.15, 0.2) is 30.6 Å². The van der Waals surface area contributed by atoms with E-state index in [-0.39, 0.29) is 11.7 Å². The first-order valence-electron chi connectivity index (χ1n) is 5.11. The zero-order valence-electron chi connectivity index (χ0n) is 8.95. The van der Waals surface area contributed by atoms with Gasteiger partial charge in [-0.2, -0.15) is 5.10 Å². The first-order valence-corrected chi connectivity index (χ1v) is 5.65. The second-order valence-corrected chi connectivity index (χ2v) is 3.79. The van der Waals surface area contributed by atoms with Crippen molar-refractivity contribution in [1.29, 1.82) is 0 Å². The maximum atomic E-state index is 13.5. The van der Waals surface area contributed by atoms with Gasteiger partial charge in [-0.15, -0.1) is 11.6 Å². The maximum Gasteiger partial charge on any atom is 0.128 e. The number of nitrogens with zero attached hydrogens (tertiary/aromatic N) is 2. The molecule has 0 aliphatic rings. The lowest BCUT2D eigenvalue weighted by Crippen LogP contribution is -1.92. The van der Waals surface area contributed by atoms with Crippen LogP contribution < -0.4 is 0 Å². The van der Waals surface area contributed by atoms with Gasteiger partial charge in [-0.3, -0.25) is 4.68 Å². The summed E-state index contributed by atoms with van der Waals surface area (Å²) in [4.78, 5) is 0. The minimum Gasteiger partial charge on any atom is -0.272 e. The molecule has 0 N–H and O–H groups in total. The Bertz CT molecular complexity index is 494. The summed E-state index contributed by atoms with van der Waals surface area (Å²) in [6, 6.07) is 5.06. The molecule has 0 aliphatic heterocycles. The van der Waals surface area contributed by atoms with Gasteiger partial charge in [0.15, 0.2) is 0 Å². The van der Waals surface area contributed by atoms with Crippen molar-refractivity contribution < 1.29 is 4.39 Å². The van der Waals surface area contributed by atoms with Gasteiger partial charge in [-0.05, 0) is 18.6 Å². The van der Waals surface area contributed by atoms with Crippen molar-refractivity contribution >= 4 is 11.6 Å². The Balaban J connectivity index is 2.37. The van der Waals surface area contributed by atoms with Crippen LogP contribution in [-0.2, 0) is 12.4 Å². The largest absolute Gasteiger partial charge is 0.272 e. The number of alkyl halides is 1. The summed E-state index contributed by atoms with van der Waals surface area (Å²) in [5.41, 5.74) is 2.27. The van der Waals surface area contributed by atoms with Gasteiger partial charge in [0.25, 0.3) is 0 Å². The molecule has 0 amide bonds. The smallest absolute Gasteiger partial charge is 0.128 e. The minimum absolute atomic E-state index is 0.195. The average molecular weight is 239 g/mol. The van der Waals surface area contributed by atoms with E-state index < -0.39 is 0 Å². The van der Waals surface area contributed by atoms with Crippen molar-refractivity contribution in [3.05, 3.63) is 42.0 Å². The molecule has 1 aromatic heterocycles. The molecule has 1 heterocycles. The van der Waals surface area contributed by atoms with Gasteiger partial charge in [0.1, 0.15) is 5.82 Å². The van der Waals surface area contributed by atoms with Crippen LogP contribution in [-0.4, -0.2) is 9.78 Å². The molecule has 0 unspecified atom stereocenters. The predicted molar refractivity (Wildman–Crippen MR) is 62.9 cm³/mol. The molecular formula is C12H12ClFN2. The summed E-state index contributed by atoms with van der Waals surface area (Å²) in [6.45, 7) is 2.82. The lowest BCUT2D eigenvalue weighted by Gasteiger charge is -2.01. The summed E-state index contributed by atoms with van der Waals surface area (Å²) in [5.74, 6) is -0.0721. The fraction of sp³-hybridized carbons (Fsp3) is 0.250. The average Bonchev–Trinajstić information content (AvgIpc) is 2.77. The van der Waals surface area contributed by atoms with Crippen molar-refractivity contribution in [3.63, 3.8) is 0 Å². The van der Waals surface area contributed by atoms with E-state index >= 15 is 0 Å². The highest BCUT2D eigenvalue weighted by atomic mass is 35.5. The number of aryl methyl sites for hydroxylation is 1. The molecule has 2 aromatic rings. The Morgan fingerprint density at radius 2 is 2.19 bits per heavy atom. The number of hydrogen-bond donors (Lipinski definition) is 0. The lowest BCUT2D eigenvalue weighted by molar-refractivity contribution is 0.617. The third-order valence-electron chi connectivity index (χ3n) is 2.49. The summed E-state index contributed by atoms with van der Waals surface area (Å²) in [7, 11) is 0. The van der Waals surface area contributed by atoms with Gasteiger partial charge in [-0.1, -0.05) is 12.1 Å². The fourth-order valence-corrected chi connectivity index (χ4v) is 1.74. The Morgan fingerprint density at radius 3 is 2.75 bits per heavy atom. The quantitative estimate of drug-likeness (QED) is 0.749. The molecule has 0 fully saturated rings. The van der Waals surface area contributed by atoms with Crippen LogP contribution in [0.5, 0.6) is 0 Å². The van der Waals surface area contributed by atoms with E-state index in [1.807, 2.05) is 23.9 Å². The minimum atomic E-state index is -0.267. The Hall–Kier alpha value is -1.35. The number of benzene rings is 1. The van der Waals surface area contributed by atoms with Gasteiger partial charge >= 0.3 is 0 Å². The fourth-order valence-electron chi connectivity index (χ4n) is 1.52. The lowest BCUT2D eigenvalue weighted by atomic mass is 10.1. The van der Waals surface area contributed by atoms with E-state index in [1.165, 1.54) is 6.07 Å². The first kappa shape index (κ1) is 11.1. The summed E-state index contributed by atoms with van der Waals surface area (Å²) < 4.78 is 15.3. The highest BCUT2D eigenvalue weighted by molar-refractivity contribution is 6.17. The predicted octanol–water partition coefficient (Wildman–Crippen LogP) is 3.45. The van der Waals surface area contributed by atoms with E-state index in [1.54, 1.807) is 12.3 Å². The van der Waals surface area contributed by atoms with Gasteiger partial charge in [0.2, 0.25) is 0 Å². The van der Waals surface area contributed by atoms with E-state index in [0.29, 0.717) is 5.56 Å². The van der Waals surface area contributed by atoms with Crippen molar-refractivity contribution in [2.75, 3.05) is 0 Å². The second-order valence-electron chi connectivity index (χ2n) is 3.52. The zero-order valence-corrected chi connectivity index (χ0v) is 9.71. The van der Waals surface area contributed by atoms with Crippen LogP contribution in [0.3, 0.4) is 0 Å². The number of aromatic nitrogens is 2. The monoisotopic (exact) mass is 238 g/mol. The molecule has 2 rings (SSSR count). The van der Waals surface area contributed by atoms with Crippen molar-refractivity contribution in [3.8, 4) is 11.1 Å². The SMILES string of the molecule is CCn1cc(-c2ccc(CCl)c(F)c2)cn1. The third-order valence-corrected chi connectivity index (χ3v) is 2.78. The van der Waals surface area contributed by atoms with E-state index in [2.05, 4.69) is 5.10 Å². The topological polar surface area (TPSA) is 17.8 Å². The second kappa shape index (κ2) is 4.66. The van der Waals surface area contributed by atoms with Crippen LogP contribution in [0, 0.1) is 5.82 Å². The molecule has 2 nitrogen and oxygen atoms in total. The highest BCUT2D eigenvalue weighted by Crippen LogP contribution is 2.22. The van der Waals surface area contributed by atoms with Crippen LogP contribution in [0.1, 0.15) is 12.5 Å². The molecule has 0 saturated heterocycles. The number of hydrogen-bond acceptors (Lipinski definition) is 1. The maximum absolute atomic E-state index is 13.5. The van der Waals surface area contributed by atoms with Gasteiger partial charge in [0.05, 0.1) is 12.1 Å². The van der Waals surface area contributed by atoms with Crippen molar-refractivity contribution in [1.82, 2.24) is 9.78 Å². The van der Waals surface area contributed by atoms with Crippen LogP contribution in [0.4, 0.5) is 4.39 Å². The number of halogens is 2. The molecule has 0 saturated carbocycles. The summed E-state index contributed by atoms with van der Waals surface area (Å²) in [6.07, 6.45) is 3.63. The van der Waals surface area contributed by atoms with Gasteiger partial charge < -0.3 is 0 Å². The Morgan fingerprint density at radius 1 is 1.38 bits per heavy atom. The molecular weight excluding hydrogens is 227 g/mol. The Labute approximate surface area is 98.7 Å². The van der Waals surface area contributed by atoms with E-state index in [4.69, 9.17) is 11.6 Å². The molecule has 0 radical (unpaired) electrons. The molecule has 4 heteroatoms. The molecule has 0 bridgehead atoms. The Kier molecular flexibility index (Phi) is 3.25. The van der Waals surface area contributed by atoms with Crippen LogP contribution in [0.25, 0.3) is 11.1 Å². The summed E-state index contributed by atoms with van der Waals surface area (Å²) >= 11 is 5.60. The van der Waals surface area contributed by atoms with Crippen LogP contribution in [0.2, 0.25) is 0 Å². The molecule has 0 atom stereocenters. The standard InChI is InChI=1S/C12H12ClFN2/c1-2-16-8-11(7-15-16)9-3-4-10(6-13)12(14)5-9/h3-5,7-8H,2,6H2,1H3. The molecule has 1 aromatic carbocycles. The molecule has 0 aliphatic carbocycles. The number of rotatable bonds is 3. The van der Waals surface area contributed by atoms with Crippen molar-refractivity contribution in [2.24, 2.45) is 0 Å². The van der Waals surface area contributed by atoms with Crippen molar-refractivity contribution in [2.45, 2.75) is 19.3 Å². The van der Waals surface area contributed by atoms with Gasteiger partial charge in [0, 0.05) is 23.9 Å². The van der Waals surface area contributed by atoms with Gasteiger partial charge in [-0.25, -0.2) is 4.39 Å². The summed E-state index contributed by atoms with van der Waals surface area (Å²) in [5, 5.41) is 4.15.